The fraction of sp³-hybridized carbons (Fsp3) is 0.645. The maximum atomic E-state index is 13.5. The first-order chi connectivity index (χ1) is 17.1. The van der Waals surface area contributed by atoms with E-state index in [0.29, 0.717) is 35.5 Å². The molecule has 0 aliphatic heterocycles. The second-order valence-electron chi connectivity index (χ2n) is 12.8. The van der Waals surface area contributed by atoms with Crippen LogP contribution >= 0.6 is 0 Å². The Hall–Kier alpha value is -2.31. The average Bonchev–Trinajstić information content (AvgIpc) is 3.12. The highest BCUT2D eigenvalue weighted by Crippen LogP contribution is 2.68. The van der Waals surface area contributed by atoms with Crippen LogP contribution in [0, 0.1) is 35.0 Å². The standard InChI is InChI=1S/C31H42O6/c1-18-9-10-25(37-27(18)35)31(7,36-8)16-11-20(32)19(2)26-21(33)17-23-29(5)15-13-24(34)28(3,4)22(29)12-14-30(23,26)6/h9-11,16,20,22-23,32H,12-15,17H2,1-8H3/b16-11+,26-19-/t20-,22-,23-,29-,30-,31-/m0/s1. The quantitative estimate of drug-likeness (QED) is 0.419. The van der Waals surface area contributed by atoms with E-state index in [2.05, 4.69) is 27.7 Å². The molecule has 0 aromatic carbocycles. The minimum absolute atomic E-state index is 0.0967. The van der Waals surface area contributed by atoms with E-state index in [1.807, 2.05) is 6.92 Å². The van der Waals surface area contributed by atoms with Gasteiger partial charge in [0.25, 0.3) is 0 Å². The van der Waals surface area contributed by atoms with Gasteiger partial charge in [-0.3, -0.25) is 9.59 Å². The maximum Gasteiger partial charge on any atom is 0.338 e. The van der Waals surface area contributed by atoms with Crippen molar-refractivity contribution in [2.24, 2.45) is 28.1 Å². The maximum absolute atomic E-state index is 13.5. The van der Waals surface area contributed by atoms with Crippen molar-refractivity contribution < 1.29 is 23.8 Å². The van der Waals surface area contributed by atoms with Crippen LogP contribution < -0.4 is 5.63 Å². The summed E-state index contributed by atoms with van der Waals surface area (Å²) in [7, 11) is 1.52. The minimum atomic E-state index is -1.06. The van der Waals surface area contributed by atoms with Gasteiger partial charge in [-0.05, 0) is 86.5 Å². The highest BCUT2D eigenvalue weighted by atomic mass is 16.5. The van der Waals surface area contributed by atoms with Crippen LogP contribution in [0.4, 0.5) is 0 Å². The lowest BCUT2D eigenvalue weighted by Crippen LogP contribution is -2.56. The largest absolute Gasteiger partial charge is 0.424 e. The molecule has 6 atom stereocenters. The topological polar surface area (TPSA) is 93.8 Å². The number of aliphatic hydroxyl groups is 1. The number of rotatable bonds is 5. The summed E-state index contributed by atoms with van der Waals surface area (Å²) >= 11 is 0. The number of aryl methyl sites for hydroxylation is 1. The first kappa shape index (κ1) is 27.7. The number of methoxy groups -OCH3 is 1. The van der Waals surface area contributed by atoms with Crippen LogP contribution in [0.1, 0.15) is 85.0 Å². The van der Waals surface area contributed by atoms with Gasteiger partial charge in [-0.1, -0.05) is 33.8 Å². The van der Waals surface area contributed by atoms with E-state index in [9.17, 15) is 19.5 Å². The SMILES string of the molecule is CO[C@@](C)(/C=C/[C@H](O)/C(C)=C1/C(=O)C[C@H]2[C@@]3(C)CCC(=O)C(C)(C)[C@@H]3CC[C@]12C)c1ccc(C)c(=O)o1. The molecule has 0 amide bonds. The number of hydrogen-bond donors (Lipinski definition) is 1. The molecule has 0 spiro atoms. The van der Waals surface area contributed by atoms with Crippen molar-refractivity contribution >= 4 is 11.6 Å². The Bertz CT molecular complexity index is 1230. The van der Waals surface area contributed by atoms with Gasteiger partial charge >= 0.3 is 5.63 Å². The summed E-state index contributed by atoms with van der Waals surface area (Å²) < 4.78 is 11.1. The Morgan fingerprint density at radius 1 is 1.16 bits per heavy atom. The molecule has 6 nitrogen and oxygen atoms in total. The number of fused-ring (bicyclic) bond motifs is 3. The third-order valence-corrected chi connectivity index (χ3v) is 10.4. The number of carbonyl (C=O) groups is 2. The lowest BCUT2D eigenvalue weighted by atomic mass is 9.43. The van der Waals surface area contributed by atoms with Gasteiger partial charge in [0.2, 0.25) is 0 Å². The second kappa shape index (κ2) is 9.16. The van der Waals surface area contributed by atoms with Crippen LogP contribution in [0.3, 0.4) is 0 Å². The van der Waals surface area contributed by atoms with E-state index >= 15 is 0 Å². The molecule has 3 aliphatic carbocycles. The van der Waals surface area contributed by atoms with Gasteiger partial charge in [0.05, 0.1) is 6.10 Å². The smallest absolute Gasteiger partial charge is 0.338 e. The average molecular weight is 511 g/mol. The first-order valence-electron chi connectivity index (χ1n) is 13.4. The van der Waals surface area contributed by atoms with E-state index < -0.39 is 17.3 Å². The summed E-state index contributed by atoms with van der Waals surface area (Å²) in [6.07, 6.45) is 5.87. The van der Waals surface area contributed by atoms with Crippen LogP contribution in [0.25, 0.3) is 0 Å². The molecular formula is C31H42O6. The Kier molecular flexibility index (Phi) is 6.86. The Morgan fingerprint density at radius 2 is 1.84 bits per heavy atom. The Balaban J connectivity index is 1.67. The van der Waals surface area contributed by atoms with E-state index in [-0.39, 0.29) is 33.9 Å². The second-order valence-corrected chi connectivity index (χ2v) is 12.8. The fourth-order valence-electron chi connectivity index (χ4n) is 7.95. The Morgan fingerprint density at radius 3 is 2.46 bits per heavy atom. The molecule has 1 aromatic heterocycles. The molecule has 1 N–H and O–H groups in total. The van der Waals surface area contributed by atoms with Crippen molar-refractivity contribution in [2.75, 3.05) is 7.11 Å². The van der Waals surface area contributed by atoms with Crippen molar-refractivity contribution in [2.45, 2.75) is 92.3 Å². The summed E-state index contributed by atoms with van der Waals surface area (Å²) in [4.78, 5) is 38.4. The van der Waals surface area contributed by atoms with Crippen LogP contribution in [-0.4, -0.2) is 29.9 Å². The summed E-state index contributed by atoms with van der Waals surface area (Å²) in [6, 6.07) is 3.38. The molecule has 6 heteroatoms. The van der Waals surface area contributed by atoms with E-state index in [1.54, 1.807) is 38.1 Å². The van der Waals surface area contributed by atoms with Crippen LogP contribution in [0.5, 0.6) is 0 Å². The zero-order chi connectivity index (χ0) is 27.6. The lowest BCUT2D eigenvalue weighted by Gasteiger charge is -2.60. The van der Waals surface area contributed by atoms with Gasteiger partial charge in [-0.25, -0.2) is 4.79 Å². The third-order valence-electron chi connectivity index (χ3n) is 10.4. The van der Waals surface area contributed by atoms with E-state index in [4.69, 9.17) is 9.15 Å². The molecule has 3 saturated carbocycles. The number of carbonyl (C=O) groups excluding carboxylic acids is 2. The molecule has 1 heterocycles. The number of aliphatic hydroxyl groups excluding tert-OH is 1. The van der Waals surface area contributed by atoms with Crippen molar-refractivity contribution in [3.05, 3.63) is 57.2 Å². The molecule has 202 valence electrons. The van der Waals surface area contributed by atoms with Gasteiger partial charge < -0.3 is 14.3 Å². The number of ether oxygens (including phenoxy) is 1. The van der Waals surface area contributed by atoms with Gasteiger partial charge in [0, 0.05) is 36.5 Å². The first-order valence-corrected chi connectivity index (χ1v) is 13.4. The summed E-state index contributed by atoms with van der Waals surface area (Å²) in [5.41, 5.74) is -0.406. The molecule has 0 bridgehead atoms. The van der Waals surface area contributed by atoms with Crippen LogP contribution in [0.15, 0.2) is 44.6 Å². The number of ketones is 2. The molecule has 1 aromatic rings. The van der Waals surface area contributed by atoms with Crippen molar-refractivity contribution in [3.63, 3.8) is 0 Å². The van der Waals surface area contributed by atoms with Crippen LogP contribution in [0.2, 0.25) is 0 Å². The normalized spacial score (nSPS) is 35.2. The zero-order valence-corrected chi connectivity index (χ0v) is 23.6. The molecule has 4 rings (SSSR count). The molecule has 37 heavy (non-hydrogen) atoms. The molecule has 3 fully saturated rings. The molecule has 0 unspecified atom stereocenters. The van der Waals surface area contributed by atoms with Crippen LogP contribution in [-0.2, 0) is 19.9 Å². The monoisotopic (exact) mass is 510 g/mol. The van der Waals surface area contributed by atoms with Crippen molar-refractivity contribution in [3.8, 4) is 0 Å². The van der Waals surface area contributed by atoms with E-state index in [1.165, 1.54) is 7.11 Å². The van der Waals surface area contributed by atoms with Crippen molar-refractivity contribution in [1.29, 1.82) is 0 Å². The molecule has 3 aliphatic rings. The van der Waals surface area contributed by atoms with Crippen molar-refractivity contribution in [1.82, 2.24) is 0 Å². The fourth-order valence-corrected chi connectivity index (χ4v) is 7.95. The molecule has 0 saturated heterocycles. The van der Waals surface area contributed by atoms with Gasteiger partial charge in [0.1, 0.15) is 17.1 Å². The van der Waals surface area contributed by atoms with E-state index in [0.717, 1.165) is 24.8 Å². The highest BCUT2D eigenvalue weighted by Gasteiger charge is 2.64. The van der Waals surface area contributed by atoms with Gasteiger partial charge in [-0.2, -0.15) is 0 Å². The predicted octanol–water partition coefficient (Wildman–Crippen LogP) is 5.44. The zero-order valence-electron chi connectivity index (χ0n) is 23.6. The predicted molar refractivity (Wildman–Crippen MR) is 142 cm³/mol. The Labute approximate surface area is 220 Å². The van der Waals surface area contributed by atoms with Gasteiger partial charge in [0.15, 0.2) is 5.78 Å². The number of allylic oxidation sites excluding steroid dienone is 1. The summed E-state index contributed by atoms with van der Waals surface area (Å²) in [5, 5.41) is 11.2. The summed E-state index contributed by atoms with van der Waals surface area (Å²) in [6.45, 7) is 13.9. The number of Topliss-reactive ketones (excluding diaryl/α,β-unsaturated/α-hetero) is 2. The minimum Gasteiger partial charge on any atom is -0.424 e. The highest BCUT2D eigenvalue weighted by molar-refractivity contribution is 6.00. The summed E-state index contributed by atoms with van der Waals surface area (Å²) in [5.74, 6) is 1.17. The molecular weight excluding hydrogens is 468 g/mol. The van der Waals surface area contributed by atoms with Gasteiger partial charge in [-0.15, -0.1) is 0 Å². The number of hydrogen-bond acceptors (Lipinski definition) is 6. The third kappa shape index (κ3) is 4.21. The lowest BCUT2D eigenvalue weighted by molar-refractivity contribution is -0.154. The molecule has 0 radical (unpaired) electrons.